The van der Waals surface area contributed by atoms with E-state index in [1.165, 1.54) is 18.2 Å². The van der Waals surface area contributed by atoms with E-state index in [2.05, 4.69) is 47.5 Å². The Morgan fingerprint density at radius 3 is 2.84 bits per heavy atom. The zero-order valence-electron chi connectivity index (χ0n) is 22.3. The van der Waals surface area contributed by atoms with Crippen LogP contribution in [-0.2, 0) is 33.8 Å². The third kappa shape index (κ3) is 4.24. The number of piperidine rings is 1. The second-order valence-electron chi connectivity index (χ2n) is 10.7. The van der Waals surface area contributed by atoms with E-state index in [9.17, 15) is 4.79 Å². The molecule has 0 amide bonds. The summed E-state index contributed by atoms with van der Waals surface area (Å²) in [5.41, 5.74) is 6.32. The molecule has 1 N–H and O–H groups in total. The van der Waals surface area contributed by atoms with Crippen molar-refractivity contribution in [2.75, 3.05) is 38.8 Å². The molecule has 3 aromatic rings. The standard InChI is InChI=1S/C31H35N3O4/c1-20-6-4-7-25(29(20)38-18-21-10-11-22-12-13-32-16-23(22)14-21)26-8-5-9-28(33-26)34-17-24-15-31(24,30(35)37-3)27(34)19-36-2/h4-11,14,24,27,32H,12-13,15-19H2,1-3H3/t24-,27+,31+/m0/s1. The van der Waals surface area contributed by atoms with Gasteiger partial charge in [-0.25, -0.2) is 4.98 Å². The van der Waals surface area contributed by atoms with E-state index in [4.69, 9.17) is 19.2 Å². The molecule has 7 heteroatoms. The number of benzene rings is 2. The third-order valence-electron chi connectivity index (χ3n) is 8.49. The molecule has 3 heterocycles. The molecule has 0 unspecified atom stereocenters. The molecule has 38 heavy (non-hydrogen) atoms. The first-order valence-corrected chi connectivity index (χ1v) is 13.4. The average Bonchev–Trinajstić information content (AvgIpc) is 3.60. The van der Waals surface area contributed by atoms with Gasteiger partial charge in [-0.2, -0.15) is 0 Å². The van der Waals surface area contributed by atoms with Crippen LogP contribution in [0.5, 0.6) is 5.75 Å². The molecule has 198 valence electrons. The van der Waals surface area contributed by atoms with Gasteiger partial charge in [0.25, 0.3) is 0 Å². The molecule has 1 saturated carbocycles. The van der Waals surface area contributed by atoms with Gasteiger partial charge in [-0.15, -0.1) is 0 Å². The van der Waals surface area contributed by atoms with Gasteiger partial charge in [-0.3, -0.25) is 4.79 Å². The van der Waals surface area contributed by atoms with Crippen LogP contribution in [0.3, 0.4) is 0 Å². The lowest BCUT2D eigenvalue weighted by atomic mass is 9.96. The van der Waals surface area contributed by atoms with Crippen molar-refractivity contribution in [3.63, 3.8) is 0 Å². The number of aromatic nitrogens is 1. The van der Waals surface area contributed by atoms with Crippen LogP contribution in [0.2, 0.25) is 0 Å². The summed E-state index contributed by atoms with van der Waals surface area (Å²) in [6.45, 7) is 5.73. The average molecular weight is 514 g/mol. The van der Waals surface area contributed by atoms with Crippen LogP contribution < -0.4 is 15.0 Å². The monoisotopic (exact) mass is 513 g/mol. The number of esters is 1. The Bertz CT molecular complexity index is 1360. The van der Waals surface area contributed by atoms with Crippen LogP contribution in [0.25, 0.3) is 11.3 Å². The minimum Gasteiger partial charge on any atom is -0.488 e. The van der Waals surface area contributed by atoms with Crippen LogP contribution in [0.1, 0.15) is 28.7 Å². The quantitative estimate of drug-likeness (QED) is 0.451. The van der Waals surface area contributed by atoms with E-state index >= 15 is 0 Å². The summed E-state index contributed by atoms with van der Waals surface area (Å²) >= 11 is 0. The van der Waals surface area contributed by atoms with Crippen LogP contribution in [-0.4, -0.2) is 50.9 Å². The van der Waals surface area contributed by atoms with Gasteiger partial charge in [-0.1, -0.05) is 36.4 Å². The molecule has 2 aromatic carbocycles. The van der Waals surface area contributed by atoms with Crippen molar-refractivity contribution < 1.29 is 19.0 Å². The fraction of sp³-hybridized carbons (Fsp3) is 0.419. The predicted octanol–water partition coefficient (Wildman–Crippen LogP) is 4.30. The Labute approximate surface area is 224 Å². The number of methoxy groups -OCH3 is 2. The number of ether oxygens (including phenoxy) is 3. The number of rotatable bonds is 8. The molecule has 0 radical (unpaired) electrons. The Morgan fingerprint density at radius 1 is 1.13 bits per heavy atom. The summed E-state index contributed by atoms with van der Waals surface area (Å²) in [6.07, 6.45) is 1.92. The molecule has 6 rings (SSSR count). The van der Waals surface area contributed by atoms with E-state index in [1.807, 2.05) is 24.3 Å². The topological polar surface area (TPSA) is 72.9 Å². The van der Waals surface area contributed by atoms with Crippen molar-refractivity contribution >= 4 is 11.8 Å². The third-order valence-corrected chi connectivity index (χ3v) is 8.49. The number of fused-ring (bicyclic) bond motifs is 2. The number of nitrogens with zero attached hydrogens (tertiary/aromatic N) is 2. The first kappa shape index (κ1) is 24.9. The highest BCUT2D eigenvalue weighted by Crippen LogP contribution is 2.62. The molecular weight excluding hydrogens is 478 g/mol. The second kappa shape index (κ2) is 10.0. The smallest absolute Gasteiger partial charge is 0.314 e. The zero-order chi connectivity index (χ0) is 26.3. The van der Waals surface area contributed by atoms with Crippen molar-refractivity contribution in [3.8, 4) is 17.0 Å². The first-order chi connectivity index (χ1) is 18.5. The molecule has 0 spiro atoms. The fourth-order valence-electron chi connectivity index (χ4n) is 6.41. The van der Waals surface area contributed by atoms with Gasteiger partial charge in [0.05, 0.1) is 30.9 Å². The Morgan fingerprint density at radius 2 is 2.00 bits per heavy atom. The summed E-state index contributed by atoms with van der Waals surface area (Å²) in [6, 6.07) is 18.8. The van der Waals surface area contributed by atoms with E-state index in [0.717, 1.165) is 66.4 Å². The van der Waals surface area contributed by atoms with Gasteiger partial charge in [0.1, 0.15) is 18.2 Å². The highest BCUT2D eigenvalue weighted by molar-refractivity contribution is 5.84. The SMILES string of the molecule is COC[C@H]1N(c2cccc(-c3cccc(C)c3OCc3ccc4c(c3)CNCC4)n2)C[C@@H]2C[C@@]21C(=O)OC. The highest BCUT2D eigenvalue weighted by Gasteiger charge is 2.71. The number of hydrogen-bond acceptors (Lipinski definition) is 7. The number of carbonyl (C=O) groups excluding carboxylic acids is 1. The lowest BCUT2D eigenvalue weighted by Gasteiger charge is -2.31. The zero-order valence-corrected chi connectivity index (χ0v) is 22.3. The molecule has 7 nitrogen and oxygen atoms in total. The normalized spacial score (nSPS) is 23.5. The van der Waals surface area contributed by atoms with Crippen LogP contribution in [0.15, 0.2) is 54.6 Å². The van der Waals surface area contributed by atoms with Gasteiger partial charge >= 0.3 is 5.97 Å². The lowest BCUT2D eigenvalue weighted by molar-refractivity contribution is -0.148. The van der Waals surface area contributed by atoms with E-state index in [-0.39, 0.29) is 17.9 Å². The minimum atomic E-state index is -0.496. The van der Waals surface area contributed by atoms with Gasteiger partial charge in [0, 0.05) is 25.8 Å². The fourth-order valence-corrected chi connectivity index (χ4v) is 6.41. The number of carbonyl (C=O) groups is 1. The van der Waals surface area contributed by atoms with Crippen LogP contribution in [0.4, 0.5) is 5.82 Å². The molecule has 2 fully saturated rings. The number of aryl methyl sites for hydroxylation is 1. The van der Waals surface area contributed by atoms with Crippen molar-refractivity contribution in [2.45, 2.75) is 39.0 Å². The van der Waals surface area contributed by atoms with Gasteiger partial charge in [0.15, 0.2) is 0 Å². The number of anilines is 1. The van der Waals surface area contributed by atoms with Crippen molar-refractivity contribution in [1.82, 2.24) is 10.3 Å². The number of hydrogen-bond donors (Lipinski definition) is 1. The number of para-hydroxylation sites is 1. The lowest BCUT2D eigenvalue weighted by Crippen LogP contribution is -2.44. The molecule has 0 bridgehead atoms. The summed E-state index contributed by atoms with van der Waals surface area (Å²) in [4.78, 5) is 20.0. The maximum atomic E-state index is 12.7. The molecule has 2 aliphatic heterocycles. The van der Waals surface area contributed by atoms with E-state index < -0.39 is 5.41 Å². The predicted molar refractivity (Wildman–Crippen MR) is 146 cm³/mol. The minimum absolute atomic E-state index is 0.0978. The number of pyridine rings is 1. The van der Waals surface area contributed by atoms with Crippen molar-refractivity contribution in [1.29, 1.82) is 0 Å². The largest absolute Gasteiger partial charge is 0.488 e. The maximum Gasteiger partial charge on any atom is 0.314 e. The summed E-state index contributed by atoms with van der Waals surface area (Å²) in [5.74, 6) is 1.81. The summed E-state index contributed by atoms with van der Waals surface area (Å²) < 4.78 is 17.2. The van der Waals surface area contributed by atoms with Crippen molar-refractivity contribution in [3.05, 3.63) is 76.9 Å². The van der Waals surface area contributed by atoms with Gasteiger partial charge in [0.2, 0.25) is 0 Å². The second-order valence-corrected chi connectivity index (χ2v) is 10.7. The molecule has 3 atom stereocenters. The van der Waals surface area contributed by atoms with Crippen LogP contribution >= 0.6 is 0 Å². The molecule has 1 saturated heterocycles. The Balaban J connectivity index is 1.27. The molecule has 1 aromatic heterocycles. The number of nitrogens with one attached hydrogen (secondary N) is 1. The molecule has 3 aliphatic rings. The summed E-state index contributed by atoms with van der Waals surface area (Å²) in [5, 5.41) is 3.45. The molecular formula is C31H35N3O4. The van der Waals surface area contributed by atoms with E-state index in [0.29, 0.717) is 13.2 Å². The van der Waals surface area contributed by atoms with Crippen LogP contribution in [0, 0.1) is 18.3 Å². The maximum absolute atomic E-state index is 12.7. The highest BCUT2D eigenvalue weighted by atomic mass is 16.5. The Hall–Kier alpha value is -3.42. The van der Waals surface area contributed by atoms with Gasteiger partial charge < -0.3 is 24.4 Å². The summed E-state index contributed by atoms with van der Waals surface area (Å²) in [7, 11) is 3.15. The molecule has 1 aliphatic carbocycles. The van der Waals surface area contributed by atoms with Gasteiger partial charge in [-0.05, 0) is 72.7 Å². The Kier molecular flexibility index (Phi) is 6.58. The van der Waals surface area contributed by atoms with E-state index in [1.54, 1.807) is 7.11 Å². The first-order valence-electron chi connectivity index (χ1n) is 13.4. The van der Waals surface area contributed by atoms with Crippen molar-refractivity contribution in [2.24, 2.45) is 11.3 Å².